The molecule has 2 heterocycles. The third-order valence-corrected chi connectivity index (χ3v) is 5.63. The smallest absolute Gasteiger partial charge is 0.348 e. The molecule has 8 heteroatoms. The molecule has 29 heavy (non-hydrogen) atoms. The summed E-state index contributed by atoms with van der Waals surface area (Å²) in [6, 6.07) is 9.41. The molecule has 0 aliphatic heterocycles. The minimum absolute atomic E-state index is 0.237. The monoisotopic (exact) mass is 415 g/mol. The van der Waals surface area contributed by atoms with Crippen molar-refractivity contribution in [2.24, 2.45) is 0 Å². The van der Waals surface area contributed by atoms with Crippen molar-refractivity contribution in [2.75, 3.05) is 13.6 Å². The number of esters is 1. The van der Waals surface area contributed by atoms with Crippen molar-refractivity contribution in [1.82, 2.24) is 14.9 Å². The van der Waals surface area contributed by atoms with Crippen molar-refractivity contribution in [3.05, 3.63) is 62.5 Å². The number of H-pyrrole nitrogens is 1. The van der Waals surface area contributed by atoms with E-state index < -0.39 is 12.1 Å². The number of aromatic nitrogens is 2. The molecule has 3 rings (SSSR count). The zero-order valence-electron chi connectivity index (χ0n) is 16.9. The maximum absolute atomic E-state index is 12.6. The quantitative estimate of drug-likeness (QED) is 0.576. The molecule has 2 aromatic heterocycles. The minimum Gasteiger partial charge on any atom is -0.459 e. The van der Waals surface area contributed by atoms with Crippen LogP contribution in [0.5, 0.6) is 0 Å². The Morgan fingerprint density at radius 3 is 2.66 bits per heavy atom. The van der Waals surface area contributed by atoms with Gasteiger partial charge in [-0.3, -0.25) is 9.69 Å². The molecule has 0 aliphatic carbocycles. The summed E-state index contributed by atoms with van der Waals surface area (Å²) in [5.74, 6) is 0.0415. The topological polar surface area (TPSA) is 95.5 Å². The SMILES string of the molecule is Cc1c(C(=O)OC(C)C)sc2nc(CN(C)CC(O)c3ccccc3)[nH]c(=O)c12. The molecule has 0 fully saturated rings. The van der Waals surface area contributed by atoms with E-state index in [-0.39, 0.29) is 11.7 Å². The fourth-order valence-corrected chi connectivity index (χ4v) is 4.21. The van der Waals surface area contributed by atoms with Gasteiger partial charge < -0.3 is 14.8 Å². The molecule has 0 radical (unpaired) electrons. The van der Waals surface area contributed by atoms with Gasteiger partial charge >= 0.3 is 5.97 Å². The number of fused-ring (bicyclic) bond motifs is 1. The van der Waals surface area contributed by atoms with Crippen LogP contribution in [0.2, 0.25) is 0 Å². The number of nitrogens with one attached hydrogen (secondary N) is 1. The number of carbonyl (C=O) groups is 1. The van der Waals surface area contributed by atoms with Crippen LogP contribution < -0.4 is 5.56 Å². The van der Waals surface area contributed by atoms with Gasteiger partial charge in [-0.25, -0.2) is 9.78 Å². The van der Waals surface area contributed by atoms with Gasteiger partial charge in [-0.05, 0) is 38.9 Å². The number of carbonyl (C=O) groups excluding carboxylic acids is 1. The minimum atomic E-state index is -0.641. The Hall–Kier alpha value is -2.55. The predicted molar refractivity (Wildman–Crippen MR) is 113 cm³/mol. The molecule has 1 atom stereocenters. The molecule has 0 saturated carbocycles. The zero-order chi connectivity index (χ0) is 21.1. The molecule has 3 aromatic rings. The number of aliphatic hydroxyl groups excluding tert-OH is 1. The molecule has 0 amide bonds. The van der Waals surface area contributed by atoms with E-state index >= 15 is 0 Å². The zero-order valence-corrected chi connectivity index (χ0v) is 17.7. The highest BCUT2D eigenvalue weighted by molar-refractivity contribution is 7.20. The van der Waals surface area contributed by atoms with Gasteiger partial charge in [0, 0.05) is 6.54 Å². The van der Waals surface area contributed by atoms with E-state index in [0.717, 1.165) is 5.56 Å². The highest BCUT2D eigenvalue weighted by Crippen LogP contribution is 2.28. The lowest BCUT2D eigenvalue weighted by atomic mass is 10.1. The Bertz CT molecular complexity index is 1060. The molecule has 0 saturated heterocycles. The van der Waals surface area contributed by atoms with Crippen LogP contribution in [0.1, 0.15) is 46.6 Å². The van der Waals surface area contributed by atoms with Gasteiger partial charge in [0.1, 0.15) is 15.5 Å². The maximum atomic E-state index is 12.6. The number of hydrogen-bond acceptors (Lipinski definition) is 7. The molecule has 0 spiro atoms. The van der Waals surface area contributed by atoms with E-state index in [9.17, 15) is 14.7 Å². The first-order valence-electron chi connectivity index (χ1n) is 9.41. The molecule has 2 N–H and O–H groups in total. The van der Waals surface area contributed by atoms with E-state index in [1.165, 1.54) is 11.3 Å². The van der Waals surface area contributed by atoms with Crippen molar-refractivity contribution in [2.45, 2.75) is 39.5 Å². The lowest BCUT2D eigenvalue weighted by Crippen LogP contribution is -2.26. The van der Waals surface area contributed by atoms with Crippen molar-refractivity contribution in [3.8, 4) is 0 Å². The first kappa shape index (κ1) is 21.2. The first-order valence-corrected chi connectivity index (χ1v) is 10.2. The predicted octanol–water partition coefficient (Wildman–Crippen LogP) is 3.02. The van der Waals surface area contributed by atoms with Crippen LogP contribution in [0, 0.1) is 6.92 Å². The summed E-state index contributed by atoms with van der Waals surface area (Å²) in [5, 5.41) is 10.8. The fourth-order valence-electron chi connectivity index (χ4n) is 3.12. The van der Waals surface area contributed by atoms with Crippen molar-refractivity contribution >= 4 is 27.5 Å². The average Bonchev–Trinajstić information content (AvgIpc) is 2.98. The Morgan fingerprint density at radius 2 is 2.00 bits per heavy atom. The summed E-state index contributed by atoms with van der Waals surface area (Å²) in [5.41, 5.74) is 1.14. The lowest BCUT2D eigenvalue weighted by molar-refractivity contribution is 0.0383. The van der Waals surface area contributed by atoms with Crippen LogP contribution in [0.3, 0.4) is 0 Å². The number of aliphatic hydroxyl groups is 1. The molecular weight excluding hydrogens is 390 g/mol. The molecule has 0 bridgehead atoms. The van der Waals surface area contributed by atoms with Gasteiger partial charge in [-0.2, -0.15) is 0 Å². The number of thiophene rings is 1. The van der Waals surface area contributed by atoms with Gasteiger partial charge in [0.05, 0.1) is 24.1 Å². The van der Waals surface area contributed by atoms with Crippen LogP contribution >= 0.6 is 11.3 Å². The Labute approximate surface area is 173 Å². The number of nitrogens with zero attached hydrogens (tertiary/aromatic N) is 2. The first-order chi connectivity index (χ1) is 13.8. The summed E-state index contributed by atoms with van der Waals surface area (Å²) in [6.07, 6.45) is -0.878. The third-order valence-electron chi connectivity index (χ3n) is 4.47. The maximum Gasteiger partial charge on any atom is 0.348 e. The third kappa shape index (κ3) is 4.90. The molecular formula is C21H25N3O4S. The van der Waals surface area contributed by atoms with Crippen LogP contribution in [0.4, 0.5) is 0 Å². The summed E-state index contributed by atoms with van der Waals surface area (Å²) >= 11 is 1.17. The van der Waals surface area contributed by atoms with E-state index in [1.54, 1.807) is 20.8 Å². The van der Waals surface area contributed by atoms with Crippen LogP contribution in [-0.2, 0) is 11.3 Å². The molecule has 0 aliphatic rings. The van der Waals surface area contributed by atoms with Crippen molar-refractivity contribution < 1.29 is 14.6 Å². The van der Waals surface area contributed by atoms with Gasteiger partial charge in [0.25, 0.3) is 5.56 Å². The van der Waals surface area contributed by atoms with E-state index in [1.807, 2.05) is 42.3 Å². The number of likely N-dealkylation sites (N-methyl/N-ethyl adjacent to an activating group) is 1. The van der Waals surface area contributed by atoms with Gasteiger partial charge in [-0.1, -0.05) is 30.3 Å². The summed E-state index contributed by atoms with van der Waals surface area (Å²) in [4.78, 5) is 35.0. The molecule has 1 aromatic carbocycles. The van der Waals surface area contributed by atoms with Crippen LogP contribution in [0.25, 0.3) is 10.2 Å². The number of aromatic amines is 1. The second-order valence-corrected chi connectivity index (χ2v) is 8.33. The molecule has 7 nitrogen and oxygen atoms in total. The Kier molecular flexibility index (Phi) is 6.46. The van der Waals surface area contributed by atoms with Crippen molar-refractivity contribution in [1.29, 1.82) is 0 Å². The number of benzene rings is 1. The second-order valence-electron chi connectivity index (χ2n) is 7.33. The summed E-state index contributed by atoms with van der Waals surface area (Å²) in [7, 11) is 1.85. The number of aryl methyl sites for hydroxylation is 1. The lowest BCUT2D eigenvalue weighted by Gasteiger charge is -2.20. The highest BCUT2D eigenvalue weighted by atomic mass is 32.1. The van der Waals surface area contributed by atoms with Gasteiger partial charge in [0.2, 0.25) is 0 Å². The Balaban J connectivity index is 1.80. The van der Waals surface area contributed by atoms with E-state index in [4.69, 9.17) is 4.74 Å². The summed E-state index contributed by atoms with van der Waals surface area (Å²) in [6.45, 7) is 6.04. The standard InChI is InChI=1S/C21H25N3O4S/c1-12(2)28-21(27)18-13(3)17-19(26)22-16(23-20(17)29-18)11-24(4)10-15(25)14-8-6-5-7-9-14/h5-9,12,15,25H,10-11H2,1-4H3,(H,22,23,26). The largest absolute Gasteiger partial charge is 0.459 e. The van der Waals surface area contributed by atoms with Crippen LogP contribution in [0.15, 0.2) is 35.1 Å². The van der Waals surface area contributed by atoms with Gasteiger partial charge in [0.15, 0.2) is 0 Å². The normalized spacial score (nSPS) is 12.7. The van der Waals surface area contributed by atoms with Crippen molar-refractivity contribution in [3.63, 3.8) is 0 Å². The van der Waals surface area contributed by atoms with Gasteiger partial charge in [-0.15, -0.1) is 11.3 Å². The van der Waals surface area contributed by atoms with E-state index in [0.29, 0.717) is 39.6 Å². The number of ether oxygens (including phenoxy) is 1. The summed E-state index contributed by atoms with van der Waals surface area (Å²) < 4.78 is 5.26. The van der Waals surface area contributed by atoms with E-state index in [2.05, 4.69) is 9.97 Å². The van der Waals surface area contributed by atoms with Crippen LogP contribution in [-0.4, -0.2) is 45.6 Å². The number of rotatable bonds is 7. The average molecular weight is 416 g/mol. The molecule has 154 valence electrons. The second kappa shape index (κ2) is 8.86. The highest BCUT2D eigenvalue weighted by Gasteiger charge is 2.21. The fraction of sp³-hybridized carbons (Fsp3) is 0.381. The number of hydrogen-bond donors (Lipinski definition) is 2. The Morgan fingerprint density at radius 1 is 1.31 bits per heavy atom. The molecule has 1 unspecified atom stereocenters.